The second kappa shape index (κ2) is 9.09. The summed E-state index contributed by atoms with van der Waals surface area (Å²) in [7, 11) is 1.78. The molecule has 0 radical (unpaired) electrons. The molecule has 0 atom stereocenters. The van der Waals surface area contributed by atoms with Gasteiger partial charge in [0, 0.05) is 48.8 Å². The van der Waals surface area contributed by atoms with Crippen molar-refractivity contribution < 1.29 is 9.26 Å². The quantitative estimate of drug-likeness (QED) is 0.533. The average molecular weight is 419 g/mol. The molecule has 8 nitrogen and oxygen atoms in total. The third-order valence-electron chi connectivity index (χ3n) is 5.22. The Bertz CT molecular complexity index is 1240. The number of aromatic nitrogens is 4. The van der Waals surface area contributed by atoms with Crippen molar-refractivity contribution in [2.75, 3.05) is 18.5 Å². The van der Waals surface area contributed by atoms with Crippen LogP contribution in [0.2, 0.25) is 0 Å². The van der Waals surface area contributed by atoms with Gasteiger partial charge >= 0.3 is 0 Å². The fraction of sp³-hybridized carbons (Fsp3) is 0.304. The largest absolute Gasteiger partial charge is 0.381 e. The summed E-state index contributed by atoms with van der Waals surface area (Å²) in [5, 5.41) is 7.73. The number of fused-ring (bicyclic) bond motifs is 1. The lowest BCUT2D eigenvalue weighted by molar-refractivity contribution is 0.198. The van der Waals surface area contributed by atoms with Gasteiger partial charge in [-0.3, -0.25) is 9.78 Å². The van der Waals surface area contributed by atoms with Crippen molar-refractivity contribution in [2.24, 2.45) is 7.05 Å². The van der Waals surface area contributed by atoms with Crippen LogP contribution in [0.4, 0.5) is 11.6 Å². The molecule has 1 aliphatic heterocycles. The minimum Gasteiger partial charge on any atom is -0.381 e. The first-order valence-electron chi connectivity index (χ1n) is 10.2. The van der Waals surface area contributed by atoms with Crippen molar-refractivity contribution in [3.63, 3.8) is 0 Å². The maximum atomic E-state index is 13.0. The molecule has 0 saturated carbocycles. The lowest BCUT2D eigenvalue weighted by Crippen LogP contribution is -2.19. The lowest BCUT2D eigenvalue weighted by atomic mass is 9.99. The van der Waals surface area contributed by atoms with Crippen LogP contribution in [0.1, 0.15) is 24.1 Å². The van der Waals surface area contributed by atoms with Crippen LogP contribution in [-0.2, 0) is 11.8 Å². The summed E-state index contributed by atoms with van der Waals surface area (Å²) in [6, 6.07) is 9.59. The molecule has 1 N–H and O–H groups in total. The summed E-state index contributed by atoms with van der Waals surface area (Å²) in [5.41, 5.74) is 4.94. The highest BCUT2D eigenvalue weighted by Crippen LogP contribution is 2.27. The Morgan fingerprint density at radius 3 is 2.52 bits per heavy atom. The van der Waals surface area contributed by atoms with E-state index in [0.29, 0.717) is 11.5 Å². The number of pyridine rings is 2. The summed E-state index contributed by atoms with van der Waals surface area (Å²) in [6.45, 7) is 5.89. The molecule has 1 fully saturated rings. The SMILES string of the molecule is C1CCOC1.Cc1cc2c(cn1)cc(-c1cc(Nc3ncon3)ccc1C)c(=O)n2C. The van der Waals surface area contributed by atoms with E-state index in [1.165, 1.54) is 19.2 Å². The molecule has 0 unspecified atom stereocenters. The van der Waals surface area contributed by atoms with Gasteiger partial charge in [-0.1, -0.05) is 6.07 Å². The molecule has 0 aliphatic carbocycles. The molecule has 8 heteroatoms. The second-order valence-electron chi connectivity index (χ2n) is 7.54. The number of ether oxygens (including phenoxy) is 1. The van der Waals surface area contributed by atoms with Crippen LogP contribution in [0.5, 0.6) is 0 Å². The smallest absolute Gasteiger partial charge is 0.267 e. The number of hydrogen-bond acceptors (Lipinski definition) is 7. The molecule has 1 saturated heterocycles. The normalized spacial score (nSPS) is 13.1. The molecule has 0 spiro atoms. The second-order valence-corrected chi connectivity index (χ2v) is 7.54. The molecule has 31 heavy (non-hydrogen) atoms. The minimum absolute atomic E-state index is 0.0529. The molecule has 3 aromatic heterocycles. The van der Waals surface area contributed by atoms with Gasteiger partial charge in [-0.15, -0.1) is 0 Å². The van der Waals surface area contributed by atoms with Crippen LogP contribution in [0, 0.1) is 13.8 Å². The highest BCUT2D eigenvalue weighted by atomic mass is 16.5. The first kappa shape index (κ1) is 20.7. The first-order valence-corrected chi connectivity index (χ1v) is 10.2. The standard InChI is InChI=1S/C19H17N5O2.C4H8O/c1-11-4-5-14(22-19-21-10-26-23-19)8-15(11)16-7-13-9-20-12(2)6-17(13)24(3)18(16)25;1-2-4-5-3-1/h4-10H,1-3H3,(H,22,23);1-4H2. The summed E-state index contributed by atoms with van der Waals surface area (Å²) < 4.78 is 11.3. The third kappa shape index (κ3) is 4.64. The van der Waals surface area contributed by atoms with Gasteiger partial charge in [0.1, 0.15) is 0 Å². The van der Waals surface area contributed by atoms with E-state index in [1.807, 2.05) is 44.2 Å². The van der Waals surface area contributed by atoms with Crippen LogP contribution in [0.15, 0.2) is 52.2 Å². The molecule has 0 bridgehead atoms. The van der Waals surface area contributed by atoms with Gasteiger partial charge in [0.2, 0.25) is 6.39 Å². The fourth-order valence-electron chi connectivity index (χ4n) is 3.51. The molecule has 4 heterocycles. The zero-order chi connectivity index (χ0) is 21.8. The zero-order valence-corrected chi connectivity index (χ0v) is 17.9. The van der Waals surface area contributed by atoms with Gasteiger partial charge in [-0.2, -0.15) is 4.98 Å². The van der Waals surface area contributed by atoms with Gasteiger partial charge in [0.05, 0.1) is 5.52 Å². The summed E-state index contributed by atoms with van der Waals surface area (Å²) in [5.74, 6) is 0.367. The topological polar surface area (TPSA) is 95.1 Å². The van der Waals surface area contributed by atoms with Gasteiger partial charge in [-0.25, -0.2) is 0 Å². The van der Waals surface area contributed by atoms with Gasteiger partial charge < -0.3 is 19.1 Å². The van der Waals surface area contributed by atoms with Crippen molar-refractivity contribution >= 4 is 22.5 Å². The molecule has 1 aliphatic rings. The predicted octanol–water partition coefficient (Wildman–Crippen LogP) is 4.14. The number of nitrogens with zero attached hydrogens (tertiary/aromatic N) is 4. The number of nitrogens with one attached hydrogen (secondary N) is 1. The van der Waals surface area contributed by atoms with Crippen LogP contribution in [0.25, 0.3) is 22.0 Å². The van der Waals surface area contributed by atoms with E-state index in [9.17, 15) is 4.79 Å². The number of hydrogen-bond donors (Lipinski definition) is 1. The Hall–Kier alpha value is -3.52. The summed E-state index contributed by atoms with van der Waals surface area (Å²) in [4.78, 5) is 21.3. The monoisotopic (exact) mass is 419 g/mol. The van der Waals surface area contributed by atoms with Crippen molar-refractivity contribution in [2.45, 2.75) is 26.7 Å². The molecule has 0 amide bonds. The van der Waals surface area contributed by atoms with E-state index in [-0.39, 0.29) is 5.56 Å². The molecule has 5 rings (SSSR count). The number of aryl methyl sites for hydroxylation is 3. The van der Waals surface area contributed by atoms with E-state index < -0.39 is 0 Å². The van der Waals surface area contributed by atoms with Crippen LogP contribution >= 0.6 is 0 Å². The van der Waals surface area contributed by atoms with E-state index in [0.717, 1.165) is 46.6 Å². The van der Waals surface area contributed by atoms with E-state index in [4.69, 9.17) is 9.26 Å². The molecule has 160 valence electrons. The number of benzene rings is 1. The number of rotatable bonds is 3. The highest BCUT2D eigenvalue weighted by molar-refractivity contribution is 5.85. The zero-order valence-electron chi connectivity index (χ0n) is 17.9. The Balaban J connectivity index is 0.000000407. The molecular formula is C23H25N5O3. The maximum Gasteiger partial charge on any atom is 0.267 e. The molecule has 1 aromatic carbocycles. The first-order chi connectivity index (χ1) is 15.0. The summed E-state index contributed by atoms with van der Waals surface area (Å²) in [6.07, 6.45) is 5.61. The van der Waals surface area contributed by atoms with E-state index >= 15 is 0 Å². The Morgan fingerprint density at radius 2 is 1.84 bits per heavy atom. The number of anilines is 2. The van der Waals surface area contributed by atoms with E-state index in [2.05, 4.69) is 20.4 Å². The van der Waals surface area contributed by atoms with Crippen molar-refractivity contribution in [3.8, 4) is 11.1 Å². The Kier molecular flexibility index (Phi) is 6.08. The third-order valence-corrected chi connectivity index (χ3v) is 5.22. The van der Waals surface area contributed by atoms with Crippen molar-refractivity contribution in [3.05, 3.63) is 64.5 Å². The van der Waals surface area contributed by atoms with Crippen molar-refractivity contribution in [1.29, 1.82) is 0 Å². The summed E-state index contributed by atoms with van der Waals surface area (Å²) >= 11 is 0. The van der Waals surface area contributed by atoms with Gasteiger partial charge in [0.25, 0.3) is 11.5 Å². The van der Waals surface area contributed by atoms with Crippen molar-refractivity contribution in [1.82, 2.24) is 19.7 Å². The maximum absolute atomic E-state index is 13.0. The lowest BCUT2D eigenvalue weighted by Gasteiger charge is -2.12. The van der Waals surface area contributed by atoms with Gasteiger partial charge in [0.15, 0.2) is 0 Å². The Labute approximate surface area is 179 Å². The fourth-order valence-corrected chi connectivity index (χ4v) is 3.51. The van der Waals surface area contributed by atoms with Gasteiger partial charge in [-0.05, 0) is 67.2 Å². The molecule has 4 aromatic rings. The van der Waals surface area contributed by atoms with Crippen LogP contribution in [0.3, 0.4) is 0 Å². The molecular weight excluding hydrogens is 394 g/mol. The van der Waals surface area contributed by atoms with E-state index in [1.54, 1.807) is 17.8 Å². The van der Waals surface area contributed by atoms with Crippen LogP contribution in [-0.4, -0.2) is 32.9 Å². The van der Waals surface area contributed by atoms with Crippen LogP contribution < -0.4 is 10.9 Å². The minimum atomic E-state index is -0.0529. The Morgan fingerprint density at radius 1 is 1.03 bits per heavy atom. The average Bonchev–Trinajstić information content (AvgIpc) is 3.50. The predicted molar refractivity (Wildman–Crippen MR) is 120 cm³/mol. The highest BCUT2D eigenvalue weighted by Gasteiger charge is 2.13.